The van der Waals surface area contributed by atoms with E-state index in [4.69, 9.17) is 5.11 Å². The van der Waals surface area contributed by atoms with Gasteiger partial charge in [-0.15, -0.1) is 0 Å². The van der Waals surface area contributed by atoms with Gasteiger partial charge in [0, 0.05) is 5.92 Å². The van der Waals surface area contributed by atoms with Crippen molar-refractivity contribution in [3.8, 4) is 0 Å². The van der Waals surface area contributed by atoms with Gasteiger partial charge in [0.15, 0.2) is 9.84 Å². The smallest absolute Gasteiger partial charge is 0.303 e. The lowest BCUT2D eigenvalue weighted by atomic mass is 9.88. The van der Waals surface area contributed by atoms with E-state index >= 15 is 0 Å². The van der Waals surface area contributed by atoms with Gasteiger partial charge in [0.2, 0.25) is 0 Å². The zero-order chi connectivity index (χ0) is 11.5. The molecule has 1 heterocycles. The van der Waals surface area contributed by atoms with Gasteiger partial charge in [-0.05, 0) is 18.8 Å². The van der Waals surface area contributed by atoms with Crippen molar-refractivity contribution in [2.24, 2.45) is 11.8 Å². The van der Waals surface area contributed by atoms with Crippen molar-refractivity contribution in [1.82, 2.24) is 0 Å². The molecular weight excluding hydrogens is 223 g/mol. The molecule has 0 spiro atoms. The average molecular weight is 238 g/mol. The summed E-state index contributed by atoms with van der Waals surface area (Å²) in [7, 11) is -3.08. The molecule has 0 amide bonds. The largest absolute Gasteiger partial charge is 0.481 e. The molecule has 4 nitrogen and oxygen atoms in total. The number of hydrogen-bond donors (Lipinski definition) is 1. The molecule has 0 aromatic carbocycles. The van der Waals surface area contributed by atoms with Gasteiger partial charge < -0.3 is 5.11 Å². The maximum absolute atomic E-state index is 12.6. The van der Waals surface area contributed by atoms with E-state index in [1.165, 1.54) is 0 Å². The SMILES string of the molecule is O=C(O)CC(CF)C1CCCS(=O)(=O)C1. The van der Waals surface area contributed by atoms with Crippen LogP contribution in [0, 0.1) is 11.8 Å². The second-order valence-corrected chi connectivity index (χ2v) is 6.26. The highest BCUT2D eigenvalue weighted by molar-refractivity contribution is 7.91. The predicted molar refractivity (Wildman–Crippen MR) is 53.1 cm³/mol. The molecular formula is C9H15FO4S. The van der Waals surface area contributed by atoms with Crippen LogP contribution in [0.5, 0.6) is 0 Å². The summed E-state index contributed by atoms with van der Waals surface area (Å²) in [4.78, 5) is 10.5. The van der Waals surface area contributed by atoms with Crippen molar-refractivity contribution in [3.05, 3.63) is 0 Å². The van der Waals surface area contributed by atoms with Crippen LogP contribution in [0.1, 0.15) is 19.3 Å². The molecule has 0 aromatic heterocycles. The Labute approximate surface area is 88.4 Å². The molecule has 1 fully saturated rings. The fourth-order valence-corrected chi connectivity index (χ4v) is 3.87. The van der Waals surface area contributed by atoms with Gasteiger partial charge in [-0.2, -0.15) is 0 Å². The molecule has 0 aliphatic carbocycles. The van der Waals surface area contributed by atoms with Gasteiger partial charge in [-0.3, -0.25) is 9.18 Å². The average Bonchev–Trinajstić information content (AvgIpc) is 2.12. The van der Waals surface area contributed by atoms with Crippen LogP contribution in [0.4, 0.5) is 4.39 Å². The lowest BCUT2D eigenvalue weighted by Crippen LogP contribution is -2.32. The highest BCUT2D eigenvalue weighted by Crippen LogP contribution is 2.28. The van der Waals surface area contributed by atoms with E-state index in [2.05, 4.69) is 0 Å². The van der Waals surface area contributed by atoms with Gasteiger partial charge >= 0.3 is 5.97 Å². The Bertz CT molecular complexity index is 325. The topological polar surface area (TPSA) is 71.4 Å². The third kappa shape index (κ3) is 3.77. The molecule has 0 bridgehead atoms. The number of rotatable bonds is 4. The van der Waals surface area contributed by atoms with E-state index < -0.39 is 28.4 Å². The summed E-state index contributed by atoms with van der Waals surface area (Å²) >= 11 is 0. The molecule has 1 N–H and O–H groups in total. The van der Waals surface area contributed by atoms with Crippen LogP contribution in [0.3, 0.4) is 0 Å². The monoisotopic (exact) mass is 238 g/mol. The van der Waals surface area contributed by atoms with Crippen molar-refractivity contribution in [2.45, 2.75) is 19.3 Å². The van der Waals surface area contributed by atoms with Crippen LogP contribution in [-0.4, -0.2) is 37.7 Å². The fourth-order valence-electron chi connectivity index (χ4n) is 2.00. The van der Waals surface area contributed by atoms with Gasteiger partial charge in [-0.1, -0.05) is 0 Å². The lowest BCUT2D eigenvalue weighted by Gasteiger charge is -2.27. The fraction of sp³-hybridized carbons (Fsp3) is 0.889. The van der Waals surface area contributed by atoms with Crippen LogP contribution in [-0.2, 0) is 14.6 Å². The number of carboxylic acid groups (broad SMARTS) is 1. The number of halogens is 1. The minimum absolute atomic E-state index is 0.0606. The molecule has 15 heavy (non-hydrogen) atoms. The third-order valence-corrected chi connectivity index (χ3v) is 4.65. The Morgan fingerprint density at radius 2 is 2.20 bits per heavy atom. The number of aliphatic carboxylic acids is 1. The summed E-state index contributed by atoms with van der Waals surface area (Å²) in [5.74, 6) is -1.96. The Hall–Kier alpha value is -0.650. The zero-order valence-electron chi connectivity index (χ0n) is 8.36. The zero-order valence-corrected chi connectivity index (χ0v) is 9.17. The van der Waals surface area contributed by atoms with Crippen molar-refractivity contribution in [2.75, 3.05) is 18.2 Å². The first kappa shape index (κ1) is 12.4. The molecule has 6 heteroatoms. The summed E-state index contributed by atoms with van der Waals surface area (Å²) in [6, 6.07) is 0. The lowest BCUT2D eigenvalue weighted by molar-refractivity contribution is -0.138. The van der Waals surface area contributed by atoms with E-state index in [1.807, 2.05) is 0 Å². The first-order chi connectivity index (χ1) is 6.94. The number of hydrogen-bond acceptors (Lipinski definition) is 3. The van der Waals surface area contributed by atoms with E-state index in [-0.39, 0.29) is 23.8 Å². The summed E-state index contributed by atoms with van der Waals surface area (Å²) in [6.07, 6.45) is 0.848. The molecule has 0 saturated carbocycles. The quantitative estimate of drug-likeness (QED) is 0.789. The summed E-state index contributed by atoms with van der Waals surface area (Å²) in [6.45, 7) is -0.757. The molecule has 1 aliphatic rings. The highest BCUT2D eigenvalue weighted by atomic mass is 32.2. The van der Waals surface area contributed by atoms with Gasteiger partial charge in [0.05, 0.1) is 24.6 Å². The highest BCUT2D eigenvalue weighted by Gasteiger charge is 2.31. The number of sulfone groups is 1. The summed E-state index contributed by atoms with van der Waals surface area (Å²) in [5.41, 5.74) is 0. The maximum Gasteiger partial charge on any atom is 0.303 e. The van der Waals surface area contributed by atoms with Gasteiger partial charge in [0.1, 0.15) is 0 Å². The Kier molecular flexibility index (Phi) is 4.07. The molecule has 1 aliphatic heterocycles. The maximum atomic E-state index is 12.6. The van der Waals surface area contributed by atoms with Crippen molar-refractivity contribution in [1.29, 1.82) is 0 Å². The molecule has 2 atom stereocenters. The minimum atomic E-state index is -3.08. The summed E-state index contributed by atoms with van der Waals surface area (Å²) < 4.78 is 35.2. The van der Waals surface area contributed by atoms with Gasteiger partial charge in [0.25, 0.3) is 0 Å². The minimum Gasteiger partial charge on any atom is -0.481 e. The molecule has 1 saturated heterocycles. The second kappa shape index (κ2) is 4.92. The molecule has 1 rings (SSSR count). The molecule has 0 aromatic rings. The van der Waals surface area contributed by atoms with E-state index in [9.17, 15) is 17.6 Å². The van der Waals surface area contributed by atoms with E-state index in [0.29, 0.717) is 12.8 Å². The van der Waals surface area contributed by atoms with Crippen molar-refractivity contribution in [3.63, 3.8) is 0 Å². The van der Waals surface area contributed by atoms with E-state index in [0.717, 1.165) is 0 Å². The number of carbonyl (C=O) groups is 1. The Balaban J connectivity index is 2.64. The Morgan fingerprint density at radius 1 is 1.53 bits per heavy atom. The number of carboxylic acids is 1. The van der Waals surface area contributed by atoms with Crippen LogP contribution < -0.4 is 0 Å². The standard InChI is InChI=1S/C9H15FO4S/c10-5-8(4-9(11)12)7-2-1-3-15(13,14)6-7/h7-8H,1-6H2,(H,11,12). The summed E-state index contributed by atoms with van der Waals surface area (Å²) in [5, 5.41) is 8.56. The first-order valence-electron chi connectivity index (χ1n) is 4.93. The van der Waals surface area contributed by atoms with Gasteiger partial charge in [-0.25, -0.2) is 8.42 Å². The first-order valence-corrected chi connectivity index (χ1v) is 6.75. The molecule has 0 radical (unpaired) electrons. The number of alkyl halides is 1. The van der Waals surface area contributed by atoms with Crippen molar-refractivity contribution < 1.29 is 22.7 Å². The van der Waals surface area contributed by atoms with Crippen LogP contribution in [0.25, 0.3) is 0 Å². The van der Waals surface area contributed by atoms with Crippen LogP contribution in [0.15, 0.2) is 0 Å². The third-order valence-electron chi connectivity index (χ3n) is 2.80. The normalized spacial score (nSPS) is 27.1. The second-order valence-electron chi connectivity index (χ2n) is 4.03. The molecule has 88 valence electrons. The van der Waals surface area contributed by atoms with Crippen LogP contribution >= 0.6 is 0 Å². The predicted octanol–water partition coefficient (Wildman–Crippen LogP) is 0.872. The van der Waals surface area contributed by atoms with E-state index in [1.54, 1.807) is 0 Å². The van der Waals surface area contributed by atoms with Crippen molar-refractivity contribution >= 4 is 15.8 Å². The van der Waals surface area contributed by atoms with Crippen LogP contribution in [0.2, 0.25) is 0 Å². The molecule has 2 unspecified atom stereocenters. The Morgan fingerprint density at radius 3 is 2.67 bits per heavy atom.